The summed E-state index contributed by atoms with van der Waals surface area (Å²) in [6.45, 7) is 7.43. The van der Waals surface area contributed by atoms with Crippen molar-refractivity contribution in [3.63, 3.8) is 0 Å². The zero-order valence-corrected chi connectivity index (χ0v) is 17.7. The molecule has 0 saturated heterocycles. The maximum absolute atomic E-state index is 8.95. The van der Waals surface area contributed by atoms with E-state index in [1.165, 1.54) is 16.7 Å². The molecule has 0 aliphatic rings. The van der Waals surface area contributed by atoms with E-state index in [1.54, 1.807) is 0 Å². The fraction of sp³-hybridized carbons (Fsp3) is 0.179. The van der Waals surface area contributed by atoms with Crippen LogP contribution in [0.4, 0.5) is 0 Å². The lowest BCUT2D eigenvalue weighted by molar-refractivity contribution is -0.693. The largest absolute Gasteiger partial charge is 0.396 e. The standard InChI is InChI=1S/C28H30NO/c1-3-29-20-18-27(19-21-29)13-12-25-8-6-24(7-9-25)10-11-26-14-16-28(17-15-26)23(2)5-4-22-30/h6-21,30H,2-5,22H2,1H3/q+1. The Morgan fingerprint density at radius 2 is 1.20 bits per heavy atom. The lowest BCUT2D eigenvalue weighted by Gasteiger charge is -2.05. The van der Waals surface area contributed by atoms with Crippen molar-refractivity contribution in [3.8, 4) is 0 Å². The highest BCUT2D eigenvalue weighted by atomic mass is 16.2. The molecule has 1 aromatic heterocycles. The first-order chi connectivity index (χ1) is 14.7. The average molecular weight is 397 g/mol. The van der Waals surface area contributed by atoms with Crippen LogP contribution in [0.15, 0.2) is 79.6 Å². The van der Waals surface area contributed by atoms with Crippen molar-refractivity contribution in [1.82, 2.24) is 0 Å². The topological polar surface area (TPSA) is 24.1 Å². The highest BCUT2D eigenvalue weighted by Gasteiger charge is 1.99. The van der Waals surface area contributed by atoms with Crippen molar-refractivity contribution in [2.75, 3.05) is 6.61 Å². The first kappa shape index (κ1) is 21.5. The lowest BCUT2D eigenvalue weighted by atomic mass is 10.0. The number of benzene rings is 2. The summed E-state index contributed by atoms with van der Waals surface area (Å²) in [6, 6.07) is 21.2. The van der Waals surface area contributed by atoms with E-state index in [0.29, 0.717) is 0 Å². The van der Waals surface area contributed by atoms with Crippen LogP contribution >= 0.6 is 0 Å². The van der Waals surface area contributed by atoms with Gasteiger partial charge < -0.3 is 5.11 Å². The number of hydrogen-bond donors (Lipinski definition) is 1. The van der Waals surface area contributed by atoms with Gasteiger partial charge in [0.2, 0.25) is 0 Å². The van der Waals surface area contributed by atoms with Gasteiger partial charge in [-0.15, -0.1) is 0 Å². The van der Waals surface area contributed by atoms with Crippen LogP contribution < -0.4 is 4.57 Å². The third kappa shape index (κ3) is 6.40. The molecule has 3 rings (SSSR count). The summed E-state index contributed by atoms with van der Waals surface area (Å²) in [5.74, 6) is 0. The molecule has 0 atom stereocenters. The second-order valence-corrected chi connectivity index (χ2v) is 7.35. The zero-order chi connectivity index (χ0) is 21.2. The molecule has 0 aliphatic heterocycles. The van der Waals surface area contributed by atoms with E-state index in [2.05, 4.69) is 115 Å². The van der Waals surface area contributed by atoms with E-state index in [0.717, 1.165) is 36.1 Å². The van der Waals surface area contributed by atoms with E-state index < -0.39 is 0 Å². The Hall–Kier alpha value is -3.23. The monoisotopic (exact) mass is 396 g/mol. The third-order valence-corrected chi connectivity index (χ3v) is 5.11. The first-order valence-electron chi connectivity index (χ1n) is 10.5. The Labute approximate surface area is 180 Å². The van der Waals surface area contributed by atoms with Crippen molar-refractivity contribution in [3.05, 3.63) is 107 Å². The molecule has 1 N–H and O–H groups in total. The molecule has 0 aliphatic carbocycles. The second-order valence-electron chi connectivity index (χ2n) is 7.35. The van der Waals surface area contributed by atoms with Gasteiger partial charge in [0.25, 0.3) is 0 Å². The Kier molecular flexibility index (Phi) is 7.94. The Morgan fingerprint density at radius 3 is 1.63 bits per heavy atom. The number of hydrogen-bond acceptors (Lipinski definition) is 1. The normalized spacial score (nSPS) is 11.4. The molecule has 30 heavy (non-hydrogen) atoms. The van der Waals surface area contributed by atoms with E-state index in [4.69, 9.17) is 5.11 Å². The van der Waals surface area contributed by atoms with Crippen molar-refractivity contribution in [1.29, 1.82) is 0 Å². The van der Waals surface area contributed by atoms with Gasteiger partial charge in [0.15, 0.2) is 12.4 Å². The van der Waals surface area contributed by atoms with Gasteiger partial charge in [0, 0.05) is 18.7 Å². The Balaban J connectivity index is 1.58. The van der Waals surface area contributed by atoms with E-state index in [1.807, 2.05) is 0 Å². The minimum atomic E-state index is 0.208. The molecule has 2 heteroatoms. The van der Waals surface area contributed by atoms with Gasteiger partial charge in [-0.25, -0.2) is 4.57 Å². The summed E-state index contributed by atoms with van der Waals surface area (Å²) >= 11 is 0. The van der Waals surface area contributed by atoms with E-state index in [9.17, 15) is 0 Å². The van der Waals surface area contributed by atoms with Crippen molar-refractivity contribution in [2.24, 2.45) is 0 Å². The predicted molar refractivity (Wildman–Crippen MR) is 128 cm³/mol. The molecule has 0 radical (unpaired) electrons. The summed E-state index contributed by atoms with van der Waals surface area (Å²) in [4.78, 5) is 0. The summed E-state index contributed by atoms with van der Waals surface area (Å²) in [7, 11) is 0. The molecule has 0 unspecified atom stereocenters. The molecular weight excluding hydrogens is 366 g/mol. The Bertz CT molecular complexity index is 994. The molecule has 0 amide bonds. The van der Waals surface area contributed by atoms with Gasteiger partial charge in [-0.3, -0.25) is 0 Å². The molecule has 0 fully saturated rings. The van der Waals surface area contributed by atoms with Gasteiger partial charge in [0.05, 0.1) is 0 Å². The SMILES string of the molecule is C=C(CCCO)c1ccc(C=Cc2ccc(C=Cc3cc[n+](CC)cc3)cc2)cc1. The molecule has 2 aromatic carbocycles. The number of aliphatic hydroxyl groups is 1. The molecule has 1 heterocycles. The highest BCUT2D eigenvalue weighted by Crippen LogP contribution is 2.19. The van der Waals surface area contributed by atoms with Crippen molar-refractivity contribution in [2.45, 2.75) is 26.3 Å². The maximum Gasteiger partial charge on any atom is 0.169 e. The van der Waals surface area contributed by atoms with Crippen LogP contribution in [-0.4, -0.2) is 11.7 Å². The number of aromatic nitrogens is 1. The first-order valence-corrected chi connectivity index (χ1v) is 10.5. The summed E-state index contributed by atoms with van der Waals surface area (Å²) in [6.07, 6.45) is 14.3. The van der Waals surface area contributed by atoms with E-state index in [-0.39, 0.29) is 6.61 Å². The molecule has 0 saturated carbocycles. The van der Waals surface area contributed by atoms with Gasteiger partial charge >= 0.3 is 0 Å². The molecule has 0 bridgehead atoms. The average Bonchev–Trinajstić information content (AvgIpc) is 2.81. The number of nitrogens with zero attached hydrogens (tertiary/aromatic N) is 1. The molecular formula is C28H30NO+. The number of allylic oxidation sites excluding steroid dienone is 1. The van der Waals surface area contributed by atoms with Crippen LogP contribution in [0, 0.1) is 0 Å². The fourth-order valence-corrected chi connectivity index (χ4v) is 3.16. The van der Waals surface area contributed by atoms with Crippen LogP contribution in [0.25, 0.3) is 29.9 Å². The van der Waals surface area contributed by atoms with Crippen LogP contribution in [0.2, 0.25) is 0 Å². The smallest absolute Gasteiger partial charge is 0.169 e. The minimum absolute atomic E-state index is 0.208. The van der Waals surface area contributed by atoms with Crippen LogP contribution in [0.3, 0.4) is 0 Å². The van der Waals surface area contributed by atoms with Crippen LogP contribution in [0.5, 0.6) is 0 Å². The quantitative estimate of drug-likeness (QED) is 0.342. The molecule has 0 spiro atoms. The van der Waals surface area contributed by atoms with Gasteiger partial charge in [-0.2, -0.15) is 0 Å². The lowest BCUT2D eigenvalue weighted by Crippen LogP contribution is -2.30. The van der Waals surface area contributed by atoms with E-state index >= 15 is 0 Å². The maximum atomic E-state index is 8.95. The number of pyridine rings is 1. The third-order valence-electron chi connectivity index (χ3n) is 5.11. The van der Waals surface area contributed by atoms with Gasteiger partial charge in [0.1, 0.15) is 6.54 Å². The molecule has 3 aromatic rings. The Morgan fingerprint density at radius 1 is 0.767 bits per heavy atom. The number of aryl methyl sites for hydroxylation is 1. The summed E-state index contributed by atoms with van der Waals surface area (Å²) in [5, 5.41) is 8.95. The summed E-state index contributed by atoms with van der Waals surface area (Å²) < 4.78 is 2.15. The molecule has 152 valence electrons. The van der Waals surface area contributed by atoms with Crippen molar-refractivity contribution >= 4 is 29.9 Å². The predicted octanol–water partition coefficient (Wildman–Crippen LogP) is 6.12. The van der Waals surface area contributed by atoms with Crippen LogP contribution in [0.1, 0.15) is 47.6 Å². The van der Waals surface area contributed by atoms with Crippen LogP contribution in [-0.2, 0) is 6.54 Å². The van der Waals surface area contributed by atoms with Crippen molar-refractivity contribution < 1.29 is 9.67 Å². The highest BCUT2D eigenvalue weighted by molar-refractivity contribution is 5.73. The fourth-order valence-electron chi connectivity index (χ4n) is 3.16. The number of rotatable bonds is 9. The zero-order valence-electron chi connectivity index (χ0n) is 17.7. The summed E-state index contributed by atoms with van der Waals surface area (Å²) in [5.41, 5.74) is 6.93. The second kappa shape index (κ2) is 11.1. The number of aliphatic hydroxyl groups excluding tert-OH is 1. The molecule has 2 nitrogen and oxygen atoms in total. The van der Waals surface area contributed by atoms with Gasteiger partial charge in [-0.1, -0.05) is 79.4 Å². The van der Waals surface area contributed by atoms with Gasteiger partial charge in [-0.05, 0) is 53.2 Å². The minimum Gasteiger partial charge on any atom is -0.396 e.